The number of fused-ring (bicyclic) bond motifs is 1. The number of hydrogen-bond acceptors (Lipinski definition) is 3. The highest BCUT2D eigenvalue weighted by molar-refractivity contribution is 6.08. The van der Waals surface area contributed by atoms with E-state index in [-0.39, 0.29) is 17.6 Å². The van der Waals surface area contributed by atoms with Crippen LogP contribution in [0.2, 0.25) is 0 Å². The Hall–Kier alpha value is -2.69. The van der Waals surface area contributed by atoms with Crippen molar-refractivity contribution in [3.05, 3.63) is 69.3 Å². The van der Waals surface area contributed by atoms with Gasteiger partial charge in [0.1, 0.15) is 0 Å². The van der Waals surface area contributed by atoms with Crippen molar-refractivity contribution >= 4 is 17.3 Å². The van der Waals surface area contributed by atoms with Gasteiger partial charge in [-0.25, -0.2) is 0 Å². The first kappa shape index (κ1) is 14.3. The molecule has 0 saturated heterocycles. The molecule has 0 unspecified atom stereocenters. The predicted octanol–water partition coefficient (Wildman–Crippen LogP) is 3.49. The number of nitrogens with zero attached hydrogens (tertiary/aromatic N) is 2. The number of amides is 1. The Kier molecular flexibility index (Phi) is 3.41. The molecule has 1 heterocycles. The van der Waals surface area contributed by atoms with Gasteiger partial charge in [0.15, 0.2) is 0 Å². The van der Waals surface area contributed by atoms with E-state index in [0.717, 1.165) is 17.7 Å². The fourth-order valence-corrected chi connectivity index (χ4v) is 3.01. The van der Waals surface area contributed by atoms with Crippen molar-refractivity contribution in [3.8, 4) is 0 Å². The molecule has 112 valence electrons. The molecule has 0 saturated carbocycles. The summed E-state index contributed by atoms with van der Waals surface area (Å²) in [6, 6.07) is 12.5. The fraction of sp³-hybridized carbons (Fsp3) is 0.235. The van der Waals surface area contributed by atoms with E-state index in [4.69, 9.17) is 0 Å². The van der Waals surface area contributed by atoms with Crippen LogP contribution in [-0.2, 0) is 6.42 Å². The van der Waals surface area contributed by atoms with Crippen LogP contribution in [0, 0.1) is 17.0 Å². The number of benzene rings is 2. The Morgan fingerprint density at radius 2 is 2.00 bits per heavy atom. The normalized spacial score (nSPS) is 16.5. The molecule has 0 fully saturated rings. The summed E-state index contributed by atoms with van der Waals surface area (Å²) >= 11 is 0. The maximum atomic E-state index is 12.8. The highest BCUT2D eigenvalue weighted by atomic mass is 16.6. The highest BCUT2D eigenvalue weighted by Gasteiger charge is 2.31. The number of nitro benzene ring substituents is 1. The average molecular weight is 296 g/mol. The highest BCUT2D eigenvalue weighted by Crippen LogP contribution is 2.33. The van der Waals surface area contributed by atoms with Gasteiger partial charge in [-0.05, 0) is 44.0 Å². The number of hydrogen-bond donors (Lipinski definition) is 0. The van der Waals surface area contributed by atoms with Gasteiger partial charge in [-0.1, -0.05) is 18.2 Å². The molecule has 0 aliphatic carbocycles. The van der Waals surface area contributed by atoms with E-state index in [0.29, 0.717) is 11.1 Å². The van der Waals surface area contributed by atoms with Gasteiger partial charge in [0.05, 0.1) is 4.92 Å². The summed E-state index contributed by atoms with van der Waals surface area (Å²) in [4.78, 5) is 25.0. The van der Waals surface area contributed by atoms with Crippen molar-refractivity contribution in [2.45, 2.75) is 26.3 Å². The quantitative estimate of drug-likeness (QED) is 0.629. The van der Waals surface area contributed by atoms with Crippen LogP contribution in [0.25, 0.3) is 0 Å². The molecule has 1 aliphatic heterocycles. The molecule has 0 aromatic heterocycles. The molecule has 1 amide bonds. The Labute approximate surface area is 128 Å². The number of rotatable bonds is 2. The molecule has 2 aromatic carbocycles. The minimum atomic E-state index is -0.433. The standard InChI is InChI=1S/C17H16N2O3/c1-11-9-14(7-8-15(11)19(21)22)17(20)18-12(2)10-13-5-3-4-6-16(13)18/h3-9,12H,10H2,1-2H3/t12-/m0/s1. The molecular weight excluding hydrogens is 280 g/mol. The van der Waals surface area contributed by atoms with Crippen LogP contribution in [0.3, 0.4) is 0 Å². The monoisotopic (exact) mass is 296 g/mol. The molecule has 5 nitrogen and oxygen atoms in total. The number of para-hydroxylation sites is 1. The minimum Gasteiger partial charge on any atom is -0.305 e. The summed E-state index contributed by atoms with van der Waals surface area (Å²) in [5, 5.41) is 10.9. The number of anilines is 1. The maximum absolute atomic E-state index is 12.8. The number of carbonyl (C=O) groups is 1. The third kappa shape index (κ3) is 2.24. The lowest BCUT2D eigenvalue weighted by Crippen LogP contribution is -2.35. The summed E-state index contributed by atoms with van der Waals surface area (Å²) in [6.07, 6.45) is 0.827. The Balaban J connectivity index is 1.98. The van der Waals surface area contributed by atoms with Gasteiger partial charge in [0.25, 0.3) is 11.6 Å². The van der Waals surface area contributed by atoms with Crippen LogP contribution in [0.5, 0.6) is 0 Å². The zero-order valence-corrected chi connectivity index (χ0v) is 12.4. The first-order valence-electron chi connectivity index (χ1n) is 7.15. The van der Waals surface area contributed by atoms with Crippen LogP contribution in [0.15, 0.2) is 42.5 Å². The van der Waals surface area contributed by atoms with Crippen LogP contribution < -0.4 is 4.90 Å². The summed E-state index contributed by atoms with van der Waals surface area (Å²) in [7, 11) is 0. The molecule has 0 bridgehead atoms. The molecular formula is C17H16N2O3. The van der Waals surface area contributed by atoms with Gasteiger partial charge >= 0.3 is 0 Å². The van der Waals surface area contributed by atoms with Gasteiger partial charge in [0.2, 0.25) is 0 Å². The number of carbonyl (C=O) groups excluding carboxylic acids is 1. The second-order valence-electron chi connectivity index (χ2n) is 5.62. The van der Waals surface area contributed by atoms with E-state index in [1.807, 2.05) is 31.2 Å². The van der Waals surface area contributed by atoms with Crippen molar-refractivity contribution in [2.75, 3.05) is 4.90 Å². The smallest absolute Gasteiger partial charge is 0.272 e. The average Bonchev–Trinajstić information content (AvgIpc) is 2.81. The van der Waals surface area contributed by atoms with Crippen LogP contribution >= 0.6 is 0 Å². The van der Waals surface area contributed by atoms with E-state index in [9.17, 15) is 14.9 Å². The van der Waals surface area contributed by atoms with Crippen molar-refractivity contribution in [3.63, 3.8) is 0 Å². The first-order chi connectivity index (χ1) is 10.5. The lowest BCUT2D eigenvalue weighted by atomic mass is 10.1. The Bertz CT molecular complexity index is 770. The van der Waals surface area contributed by atoms with E-state index in [2.05, 4.69) is 0 Å². The molecule has 1 aliphatic rings. The lowest BCUT2D eigenvalue weighted by molar-refractivity contribution is -0.385. The topological polar surface area (TPSA) is 63.5 Å². The molecule has 0 radical (unpaired) electrons. The van der Waals surface area contributed by atoms with E-state index in [1.54, 1.807) is 17.9 Å². The van der Waals surface area contributed by atoms with Crippen LogP contribution in [0.1, 0.15) is 28.4 Å². The zero-order valence-electron chi connectivity index (χ0n) is 12.4. The van der Waals surface area contributed by atoms with Crippen molar-refractivity contribution in [1.82, 2.24) is 0 Å². The predicted molar refractivity (Wildman–Crippen MR) is 84.3 cm³/mol. The largest absolute Gasteiger partial charge is 0.305 e. The molecule has 0 N–H and O–H groups in total. The third-order valence-corrected chi connectivity index (χ3v) is 4.07. The second kappa shape index (κ2) is 5.26. The van der Waals surface area contributed by atoms with E-state index in [1.165, 1.54) is 12.1 Å². The lowest BCUT2D eigenvalue weighted by Gasteiger charge is -2.23. The maximum Gasteiger partial charge on any atom is 0.272 e. The fourth-order valence-electron chi connectivity index (χ4n) is 3.01. The molecule has 5 heteroatoms. The van der Waals surface area contributed by atoms with Gasteiger partial charge in [0, 0.05) is 28.9 Å². The number of aryl methyl sites for hydroxylation is 1. The van der Waals surface area contributed by atoms with Gasteiger partial charge < -0.3 is 4.90 Å². The summed E-state index contributed by atoms with van der Waals surface area (Å²) in [5.74, 6) is -0.115. The molecule has 1 atom stereocenters. The van der Waals surface area contributed by atoms with E-state index >= 15 is 0 Å². The SMILES string of the molecule is Cc1cc(C(=O)N2c3ccccc3C[C@@H]2C)ccc1[N+](=O)[O-]. The minimum absolute atomic E-state index is 0.0337. The first-order valence-corrected chi connectivity index (χ1v) is 7.15. The third-order valence-electron chi connectivity index (χ3n) is 4.07. The van der Waals surface area contributed by atoms with E-state index < -0.39 is 4.92 Å². The molecule has 0 spiro atoms. The summed E-state index contributed by atoms with van der Waals surface area (Å²) < 4.78 is 0. The van der Waals surface area contributed by atoms with Gasteiger partial charge in [-0.2, -0.15) is 0 Å². The zero-order chi connectivity index (χ0) is 15.9. The Morgan fingerprint density at radius 3 is 2.68 bits per heavy atom. The van der Waals surface area contributed by atoms with Gasteiger partial charge in [-0.3, -0.25) is 14.9 Å². The Morgan fingerprint density at radius 1 is 1.27 bits per heavy atom. The van der Waals surface area contributed by atoms with Crippen LogP contribution in [-0.4, -0.2) is 16.9 Å². The summed E-state index contributed by atoms with van der Waals surface area (Å²) in [5.41, 5.74) is 3.09. The molecule has 2 aromatic rings. The molecule has 22 heavy (non-hydrogen) atoms. The summed E-state index contributed by atoms with van der Waals surface area (Å²) in [6.45, 7) is 3.66. The van der Waals surface area contributed by atoms with Crippen molar-refractivity contribution in [2.24, 2.45) is 0 Å². The second-order valence-corrected chi connectivity index (χ2v) is 5.62. The van der Waals surface area contributed by atoms with Gasteiger partial charge in [-0.15, -0.1) is 0 Å². The van der Waals surface area contributed by atoms with Crippen molar-refractivity contribution < 1.29 is 9.72 Å². The van der Waals surface area contributed by atoms with Crippen molar-refractivity contribution in [1.29, 1.82) is 0 Å². The van der Waals surface area contributed by atoms with Crippen LogP contribution in [0.4, 0.5) is 11.4 Å². The molecule has 3 rings (SSSR count). The number of nitro groups is 1.